The molecule has 37 heavy (non-hydrogen) atoms. The number of benzene rings is 5. The van der Waals surface area contributed by atoms with Gasteiger partial charge in [-0.05, 0) is 87.3 Å². The maximum Gasteiger partial charge on any atom is 0.0178 e. The van der Waals surface area contributed by atoms with Crippen LogP contribution in [0.1, 0.15) is 36.1 Å². The van der Waals surface area contributed by atoms with E-state index in [1.54, 1.807) is 0 Å². The summed E-state index contributed by atoms with van der Waals surface area (Å²) < 4.78 is 3.38. The van der Waals surface area contributed by atoms with E-state index in [1.165, 1.54) is 49.0 Å². The van der Waals surface area contributed by atoms with Crippen LogP contribution in [0, 0.1) is 0 Å². The van der Waals surface area contributed by atoms with E-state index in [2.05, 4.69) is 177 Å². The third-order valence-corrected chi connectivity index (χ3v) is 8.61. The molecule has 0 saturated carbocycles. The van der Waals surface area contributed by atoms with Crippen LogP contribution in [-0.4, -0.2) is 0 Å². The van der Waals surface area contributed by atoms with Gasteiger partial charge in [-0.3, -0.25) is 0 Å². The molecule has 0 fully saturated rings. The maximum absolute atomic E-state index is 3.58. The summed E-state index contributed by atoms with van der Waals surface area (Å²) in [5.41, 5.74) is 10.9. The van der Waals surface area contributed by atoms with Gasteiger partial charge in [-0.2, -0.15) is 0 Å². The Labute approximate surface area is 245 Å². The highest BCUT2D eigenvalue weighted by molar-refractivity contribution is 9.11. The topological polar surface area (TPSA) is 0 Å². The first-order valence-electron chi connectivity index (χ1n) is 12.3. The van der Waals surface area contributed by atoms with Crippen LogP contribution in [0.5, 0.6) is 0 Å². The monoisotopic (exact) mass is 672 g/mol. The van der Waals surface area contributed by atoms with Gasteiger partial charge in [0.1, 0.15) is 0 Å². The molecular weight excluding hydrogens is 648 g/mol. The van der Waals surface area contributed by atoms with Crippen molar-refractivity contribution in [3.05, 3.63) is 151 Å². The largest absolute Gasteiger partial charge is 0.0620 e. The predicted molar refractivity (Wildman–Crippen MR) is 168 cm³/mol. The van der Waals surface area contributed by atoms with E-state index in [0.717, 1.165) is 15.4 Å². The Balaban J connectivity index is 0.000000153. The Morgan fingerprint density at radius 2 is 0.865 bits per heavy atom. The third kappa shape index (κ3) is 5.85. The first-order valence-corrected chi connectivity index (χ1v) is 14.7. The standard InChI is InChI=1S/C18H12Br2.C16H15Br/c19-17-9-5-15(6-10-17)13-1-2-14(4-3-13)16-7-11-18(20)12-8-16;1-16(2)14-6-4-3-5-11(14)9-12-7-8-13(17)10-15(12)16/h1-12H;3-8,10H,9H2,1-2H3. The summed E-state index contributed by atoms with van der Waals surface area (Å²) in [6.07, 6.45) is 1.06. The Morgan fingerprint density at radius 3 is 1.38 bits per heavy atom. The minimum absolute atomic E-state index is 0.105. The predicted octanol–water partition coefficient (Wildman–Crippen LogP) is 11.2. The second kappa shape index (κ2) is 11.1. The quantitative estimate of drug-likeness (QED) is 0.175. The molecule has 0 spiro atoms. The molecule has 0 radical (unpaired) electrons. The van der Waals surface area contributed by atoms with E-state index in [0.29, 0.717) is 0 Å². The zero-order valence-electron chi connectivity index (χ0n) is 20.8. The highest BCUT2D eigenvalue weighted by atomic mass is 79.9. The molecular formula is C34H27Br3. The van der Waals surface area contributed by atoms with E-state index in [-0.39, 0.29) is 5.41 Å². The molecule has 0 saturated heterocycles. The van der Waals surface area contributed by atoms with Crippen LogP contribution in [0.4, 0.5) is 0 Å². The van der Waals surface area contributed by atoms with Gasteiger partial charge in [-0.1, -0.05) is 141 Å². The van der Waals surface area contributed by atoms with Gasteiger partial charge in [0.15, 0.2) is 0 Å². The van der Waals surface area contributed by atoms with Crippen molar-refractivity contribution in [3.8, 4) is 22.3 Å². The Morgan fingerprint density at radius 1 is 0.459 bits per heavy atom. The lowest BCUT2D eigenvalue weighted by molar-refractivity contribution is 0.610. The van der Waals surface area contributed by atoms with Crippen molar-refractivity contribution >= 4 is 47.8 Å². The van der Waals surface area contributed by atoms with Crippen molar-refractivity contribution in [1.29, 1.82) is 0 Å². The van der Waals surface area contributed by atoms with Crippen LogP contribution in [0.2, 0.25) is 0 Å². The van der Waals surface area contributed by atoms with Gasteiger partial charge in [0.05, 0.1) is 0 Å². The zero-order chi connectivity index (χ0) is 26.0. The number of rotatable bonds is 2. The fraction of sp³-hybridized carbons (Fsp3) is 0.118. The van der Waals surface area contributed by atoms with Crippen LogP contribution in [0.25, 0.3) is 22.3 Å². The van der Waals surface area contributed by atoms with Crippen molar-refractivity contribution in [3.63, 3.8) is 0 Å². The van der Waals surface area contributed by atoms with E-state index in [9.17, 15) is 0 Å². The van der Waals surface area contributed by atoms with E-state index >= 15 is 0 Å². The number of halogens is 3. The van der Waals surface area contributed by atoms with Crippen molar-refractivity contribution in [2.24, 2.45) is 0 Å². The SMILES string of the molecule is Brc1ccc(-c2ccc(-c3ccc(Br)cc3)cc2)cc1.CC1(C)c2ccccc2Cc2ccc(Br)cc21. The Bertz CT molecular complexity index is 1450. The molecule has 0 amide bonds. The molecule has 1 aliphatic carbocycles. The molecule has 184 valence electrons. The number of hydrogen-bond donors (Lipinski definition) is 0. The lowest BCUT2D eigenvalue weighted by atomic mass is 9.69. The Hall–Kier alpha value is -2.46. The van der Waals surface area contributed by atoms with Crippen molar-refractivity contribution < 1.29 is 0 Å². The minimum Gasteiger partial charge on any atom is -0.0620 e. The van der Waals surface area contributed by atoms with Crippen molar-refractivity contribution in [2.45, 2.75) is 25.7 Å². The lowest BCUT2D eigenvalue weighted by Gasteiger charge is -2.35. The molecule has 0 nitrogen and oxygen atoms in total. The molecule has 1 aliphatic rings. The smallest absolute Gasteiger partial charge is 0.0178 e. The molecule has 0 N–H and O–H groups in total. The summed E-state index contributed by atoms with van der Waals surface area (Å²) in [6.45, 7) is 4.63. The molecule has 5 aromatic rings. The molecule has 0 aromatic heterocycles. The summed E-state index contributed by atoms with van der Waals surface area (Å²) >= 11 is 10.5. The fourth-order valence-corrected chi connectivity index (χ4v) is 5.95. The first-order chi connectivity index (χ1) is 17.8. The van der Waals surface area contributed by atoms with Gasteiger partial charge >= 0.3 is 0 Å². The van der Waals surface area contributed by atoms with Gasteiger partial charge in [0, 0.05) is 18.8 Å². The highest BCUT2D eigenvalue weighted by Crippen LogP contribution is 2.41. The summed E-state index contributed by atoms with van der Waals surface area (Å²) in [7, 11) is 0. The van der Waals surface area contributed by atoms with Gasteiger partial charge in [0.25, 0.3) is 0 Å². The van der Waals surface area contributed by atoms with E-state index < -0.39 is 0 Å². The molecule has 5 aromatic carbocycles. The normalized spacial score (nSPS) is 13.1. The third-order valence-electron chi connectivity index (χ3n) is 7.06. The summed E-state index contributed by atoms with van der Waals surface area (Å²) in [4.78, 5) is 0. The molecule has 0 heterocycles. The van der Waals surface area contributed by atoms with Gasteiger partial charge in [0.2, 0.25) is 0 Å². The maximum atomic E-state index is 3.58. The molecule has 0 atom stereocenters. The Kier molecular flexibility index (Phi) is 7.85. The molecule has 6 rings (SSSR count). The first kappa shape index (κ1) is 26.2. The average molecular weight is 675 g/mol. The average Bonchev–Trinajstić information content (AvgIpc) is 2.91. The second-order valence-electron chi connectivity index (χ2n) is 9.85. The zero-order valence-corrected chi connectivity index (χ0v) is 25.6. The highest BCUT2D eigenvalue weighted by Gasteiger charge is 2.31. The second-order valence-corrected chi connectivity index (χ2v) is 12.6. The molecule has 0 bridgehead atoms. The van der Waals surface area contributed by atoms with Crippen LogP contribution in [0.15, 0.2) is 129 Å². The van der Waals surface area contributed by atoms with Gasteiger partial charge < -0.3 is 0 Å². The molecule has 0 unspecified atom stereocenters. The van der Waals surface area contributed by atoms with Crippen molar-refractivity contribution in [2.75, 3.05) is 0 Å². The molecule has 3 heteroatoms. The summed E-state index contributed by atoms with van der Waals surface area (Å²) in [5.74, 6) is 0. The van der Waals surface area contributed by atoms with E-state index in [1.807, 2.05) is 0 Å². The van der Waals surface area contributed by atoms with Crippen LogP contribution in [0.3, 0.4) is 0 Å². The van der Waals surface area contributed by atoms with Crippen LogP contribution < -0.4 is 0 Å². The van der Waals surface area contributed by atoms with Gasteiger partial charge in [-0.25, -0.2) is 0 Å². The lowest BCUT2D eigenvalue weighted by Crippen LogP contribution is -2.26. The van der Waals surface area contributed by atoms with Gasteiger partial charge in [-0.15, -0.1) is 0 Å². The van der Waals surface area contributed by atoms with Crippen LogP contribution >= 0.6 is 47.8 Å². The summed E-state index contributed by atoms with van der Waals surface area (Å²) in [6, 6.07) is 40.9. The van der Waals surface area contributed by atoms with Crippen LogP contribution in [-0.2, 0) is 11.8 Å². The fourth-order valence-electron chi connectivity index (χ4n) is 5.06. The van der Waals surface area contributed by atoms with E-state index in [4.69, 9.17) is 0 Å². The number of fused-ring (bicyclic) bond motifs is 2. The number of hydrogen-bond acceptors (Lipinski definition) is 0. The molecule has 0 aliphatic heterocycles. The summed E-state index contributed by atoms with van der Waals surface area (Å²) in [5, 5.41) is 0. The van der Waals surface area contributed by atoms with Crippen molar-refractivity contribution in [1.82, 2.24) is 0 Å². The minimum atomic E-state index is 0.105.